The summed E-state index contributed by atoms with van der Waals surface area (Å²) in [4.78, 5) is 4.39. The lowest BCUT2D eigenvalue weighted by molar-refractivity contribution is 0.431. The van der Waals surface area contributed by atoms with E-state index in [1.807, 2.05) is 4.68 Å². The first-order chi connectivity index (χ1) is 7.77. The zero-order valence-electron chi connectivity index (χ0n) is 10.3. The molecule has 16 heavy (non-hydrogen) atoms. The molecule has 1 aliphatic heterocycles. The summed E-state index contributed by atoms with van der Waals surface area (Å²) in [5, 5.41) is 7.79. The molecule has 1 aromatic heterocycles. The van der Waals surface area contributed by atoms with Gasteiger partial charge < -0.3 is 5.32 Å². The molecule has 0 spiro atoms. The Morgan fingerprint density at radius 3 is 3.19 bits per heavy atom. The Bertz CT molecular complexity index is 311. The quantitative estimate of drug-likeness (QED) is 0.848. The van der Waals surface area contributed by atoms with Crippen LogP contribution in [0.5, 0.6) is 0 Å². The first-order valence-corrected chi connectivity index (χ1v) is 6.36. The number of nitrogens with one attached hydrogen (secondary N) is 1. The molecule has 1 atom stereocenters. The first kappa shape index (κ1) is 11.6. The van der Waals surface area contributed by atoms with E-state index in [1.165, 1.54) is 25.8 Å². The van der Waals surface area contributed by atoms with Gasteiger partial charge in [-0.15, -0.1) is 0 Å². The second-order valence-electron chi connectivity index (χ2n) is 4.98. The van der Waals surface area contributed by atoms with Crippen molar-refractivity contribution in [1.82, 2.24) is 20.1 Å². The second-order valence-corrected chi connectivity index (χ2v) is 4.98. The first-order valence-electron chi connectivity index (χ1n) is 6.36. The van der Waals surface area contributed by atoms with Gasteiger partial charge in [0.1, 0.15) is 12.2 Å². The monoisotopic (exact) mass is 222 g/mol. The number of hydrogen-bond donors (Lipinski definition) is 1. The maximum Gasteiger partial charge on any atom is 0.138 e. The zero-order chi connectivity index (χ0) is 11.4. The van der Waals surface area contributed by atoms with Crippen LogP contribution in [0.4, 0.5) is 0 Å². The van der Waals surface area contributed by atoms with Crippen molar-refractivity contribution in [3.8, 4) is 0 Å². The van der Waals surface area contributed by atoms with Gasteiger partial charge in [-0.25, -0.2) is 9.67 Å². The van der Waals surface area contributed by atoms with Gasteiger partial charge in [0.15, 0.2) is 0 Å². The minimum absolute atomic E-state index is 0.413. The van der Waals surface area contributed by atoms with Gasteiger partial charge >= 0.3 is 0 Å². The highest BCUT2D eigenvalue weighted by Crippen LogP contribution is 2.17. The average Bonchev–Trinajstić information content (AvgIpc) is 2.55. The SMILES string of the molecule is CC(C)n1ncnc1CC1CCCCNC1. The topological polar surface area (TPSA) is 42.7 Å². The standard InChI is InChI=1S/C12H22N4/c1-10(2)16-12(14-9-15-16)7-11-5-3-4-6-13-8-11/h9-11,13H,3-8H2,1-2H3. The molecule has 1 saturated heterocycles. The highest BCUT2D eigenvalue weighted by atomic mass is 15.3. The summed E-state index contributed by atoms with van der Waals surface area (Å²) in [5.74, 6) is 1.87. The Balaban J connectivity index is 1.99. The van der Waals surface area contributed by atoms with E-state index in [-0.39, 0.29) is 0 Å². The van der Waals surface area contributed by atoms with Crippen LogP contribution in [0.25, 0.3) is 0 Å². The summed E-state index contributed by atoms with van der Waals surface area (Å²) in [7, 11) is 0. The minimum Gasteiger partial charge on any atom is -0.316 e. The summed E-state index contributed by atoms with van der Waals surface area (Å²) in [5.41, 5.74) is 0. The summed E-state index contributed by atoms with van der Waals surface area (Å²) < 4.78 is 2.05. The molecule has 90 valence electrons. The molecule has 1 N–H and O–H groups in total. The van der Waals surface area contributed by atoms with Gasteiger partial charge in [-0.3, -0.25) is 0 Å². The molecule has 4 heteroatoms. The van der Waals surface area contributed by atoms with Gasteiger partial charge in [-0.05, 0) is 45.7 Å². The minimum atomic E-state index is 0.413. The van der Waals surface area contributed by atoms with Crippen LogP contribution >= 0.6 is 0 Å². The molecule has 0 aliphatic carbocycles. The molecule has 1 aromatic rings. The van der Waals surface area contributed by atoms with Crippen molar-refractivity contribution >= 4 is 0 Å². The highest BCUT2D eigenvalue weighted by Gasteiger charge is 2.16. The van der Waals surface area contributed by atoms with E-state index in [1.54, 1.807) is 6.33 Å². The van der Waals surface area contributed by atoms with Crippen molar-refractivity contribution in [3.05, 3.63) is 12.2 Å². The zero-order valence-corrected chi connectivity index (χ0v) is 10.3. The number of hydrogen-bond acceptors (Lipinski definition) is 3. The van der Waals surface area contributed by atoms with Gasteiger partial charge in [0, 0.05) is 12.5 Å². The van der Waals surface area contributed by atoms with Crippen molar-refractivity contribution < 1.29 is 0 Å². The van der Waals surface area contributed by atoms with Crippen LogP contribution in [0, 0.1) is 5.92 Å². The lowest BCUT2D eigenvalue weighted by Crippen LogP contribution is -2.23. The number of rotatable bonds is 3. The smallest absolute Gasteiger partial charge is 0.138 e. The average molecular weight is 222 g/mol. The highest BCUT2D eigenvalue weighted by molar-refractivity contribution is 4.90. The molecule has 1 aliphatic rings. The molecule has 4 nitrogen and oxygen atoms in total. The second kappa shape index (κ2) is 5.43. The summed E-state index contributed by atoms with van der Waals surface area (Å²) in [6, 6.07) is 0.413. The number of aromatic nitrogens is 3. The predicted molar refractivity (Wildman–Crippen MR) is 64.3 cm³/mol. The summed E-state index contributed by atoms with van der Waals surface area (Å²) >= 11 is 0. The van der Waals surface area contributed by atoms with Crippen LogP contribution in [-0.2, 0) is 6.42 Å². The van der Waals surface area contributed by atoms with Gasteiger partial charge in [0.25, 0.3) is 0 Å². The van der Waals surface area contributed by atoms with E-state index in [2.05, 4.69) is 29.2 Å². The van der Waals surface area contributed by atoms with Crippen LogP contribution in [0.15, 0.2) is 6.33 Å². The van der Waals surface area contributed by atoms with Crippen LogP contribution in [0.2, 0.25) is 0 Å². The van der Waals surface area contributed by atoms with E-state index in [0.29, 0.717) is 6.04 Å². The molecule has 0 saturated carbocycles. The van der Waals surface area contributed by atoms with Crippen molar-refractivity contribution in [2.75, 3.05) is 13.1 Å². The van der Waals surface area contributed by atoms with Crippen LogP contribution < -0.4 is 5.32 Å². The maximum absolute atomic E-state index is 4.39. The molecule has 0 amide bonds. The van der Waals surface area contributed by atoms with Crippen molar-refractivity contribution in [2.24, 2.45) is 5.92 Å². The molecule has 2 heterocycles. The Morgan fingerprint density at radius 1 is 1.50 bits per heavy atom. The van der Waals surface area contributed by atoms with E-state index >= 15 is 0 Å². The molecule has 2 rings (SSSR count). The molecule has 0 aromatic carbocycles. The fourth-order valence-corrected chi connectivity index (χ4v) is 2.38. The van der Waals surface area contributed by atoms with Crippen LogP contribution in [0.1, 0.15) is 45.0 Å². The van der Waals surface area contributed by atoms with Gasteiger partial charge in [0.2, 0.25) is 0 Å². The Morgan fingerprint density at radius 2 is 2.38 bits per heavy atom. The van der Waals surface area contributed by atoms with E-state index in [0.717, 1.165) is 24.7 Å². The summed E-state index contributed by atoms with van der Waals surface area (Å²) in [6.45, 7) is 6.62. The summed E-state index contributed by atoms with van der Waals surface area (Å²) in [6.07, 6.45) is 6.71. The maximum atomic E-state index is 4.39. The van der Waals surface area contributed by atoms with Gasteiger partial charge in [0.05, 0.1) is 0 Å². The van der Waals surface area contributed by atoms with E-state index in [9.17, 15) is 0 Å². The third kappa shape index (κ3) is 2.82. The molecular weight excluding hydrogens is 200 g/mol. The van der Waals surface area contributed by atoms with Gasteiger partial charge in [-0.2, -0.15) is 5.10 Å². The Labute approximate surface area is 97.5 Å². The number of nitrogens with zero attached hydrogens (tertiary/aromatic N) is 3. The Kier molecular flexibility index (Phi) is 3.93. The Hall–Kier alpha value is -0.900. The van der Waals surface area contributed by atoms with Gasteiger partial charge in [-0.1, -0.05) is 6.42 Å². The van der Waals surface area contributed by atoms with E-state index < -0.39 is 0 Å². The molecule has 1 fully saturated rings. The third-order valence-electron chi connectivity index (χ3n) is 3.26. The van der Waals surface area contributed by atoms with Crippen LogP contribution in [0.3, 0.4) is 0 Å². The van der Waals surface area contributed by atoms with Crippen LogP contribution in [-0.4, -0.2) is 27.9 Å². The van der Waals surface area contributed by atoms with Crippen molar-refractivity contribution in [3.63, 3.8) is 0 Å². The lowest BCUT2D eigenvalue weighted by Gasteiger charge is -2.15. The third-order valence-corrected chi connectivity index (χ3v) is 3.26. The largest absolute Gasteiger partial charge is 0.316 e. The van der Waals surface area contributed by atoms with E-state index in [4.69, 9.17) is 0 Å². The normalized spacial score (nSPS) is 22.3. The molecule has 0 radical (unpaired) electrons. The van der Waals surface area contributed by atoms with Crippen molar-refractivity contribution in [2.45, 2.75) is 45.6 Å². The fraction of sp³-hybridized carbons (Fsp3) is 0.833. The molecule has 1 unspecified atom stereocenters. The molecule has 0 bridgehead atoms. The van der Waals surface area contributed by atoms with Crippen molar-refractivity contribution in [1.29, 1.82) is 0 Å². The lowest BCUT2D eigenvalue weighted by atomic mass is 9.99. The molecular formula is C12H22N4. The predicted octanol–water partition coefficient (Wildman–Crippen LogP) is 1.79. The fourth-order valence-electron chi connectivity index (χ4n) is 2.38.